The van der Waals surface area contributed by atoms with E-state index in [-0.39, 0.29) is 37.7 Å². The van der Waals surface area contributed by atoms with Crippen molar-refractivity contribution in [1.82, 2.24) is 10.2 Å². The van der Waals surface area contributed by atoms with E-state index in [4.69, 9.17) is 16.3 Å². The third-order valence-electron chi connectivity index (χ3n) is 6.35. The Morgan fingerprint density at radius 3 is 2.30 bits per heavy atom. The fourth-order valence-corrected chi connectivity index (χ4v) is 5.66. The SMILES string of the molecule is CCOc1ccccc1N(CCCC(=O)N(Cc1cccc(Cl)c1)[C@@H](Cc1ccccc1)C(=O)NC)S(C)(=O)=O. The van der Waals surface area contributed by atoms with Crippen molar-refractivity contribution in [3.63, 3.8) is 0 Å². The van der Waals surface area contributed by atoms with Gasteiger partial charge in [0.05, 0.1) is 18.6 Å². The number of amides is 2. The molecular formula is C30H36ClN3O5S. The van der Waals surface area contributed by atoms with Crippen LogP contribution in [0.1, 0.15) is 30.9 Å². The van der Waals surface area contributed by atoms with Crippen LogP contribution < -0.4 is 14.4 Å². The number of nitrogens with zero attached hydrogens (tertiary/aromatic N) is 2. The van der Waals surface area contributed by atoms with Gasteiger partial charge in [-0.3, -0.25) is 13.9 Å². The Morgan fingerprint density at radius 1 is 0.975 bits per heavy atom. The summed E-state index contributed by atoms with van der Waals surface area (Å²) in [6.07, 6.45) is 1.73. The summed E-state index contributed by atoms with van der Waals surface area (Å²) < 4.78 is 32.3. The molecule has 214 valence electrons. The fourth-order valence-electron chi connectivity index (χ4n) is 4.48. The van der Waals surface area contributed by atoms with Crippen LogP contribution >= 0.6 is 11.6 Å². The Morgan fingerprint density at radius 2 is 1.65 bits per heavy atom. The van der Waals surface area contributed by atoms with Gasteiger partial charge in [0.2, 0.25) is 21.8 Å². The van der Waals surface area contributed by atoms with E-state index in [2.05, 4.69) is 5.32 Å². The molecule has 0 aliphatic rings. The number of sulfonamides is 1. The zero-order valence-corrected chi connectivity index (χ0v) is 24.6. The summed E-state index contributed by atoms with van der Waals surface area (Å²) in [5.41, 5.74) is 2.12. The van der Waals surface area contributed by atoms with Crippen LogP contribution in [0.25, 0.3) is 0 Å². The van der Waals surface area contributed by atoms with Gasteiger partial charge in [0.25, 0.3) is 0 Å². The maximum atomic E-state index is 13.7. The van der Waals surface area contributed by atoms with Gasteiger partial charge in [-0.2, -0.15) is 0 Å². The average molecular weight is 586 g/mol. The van der Waals surface area contributed by atoms with E-state index in [1.54, 1.807) is 54.4 Å². The number of likely N-dealkylation sites (N-methyl/N-ethyl adjacent to an activating group) is 1. The summed E-state index contributed by atoms with van der Waals surface area (Å²) in [7, 11) is -2.11. The minimum atomic E-state index is -3.66. The average Bonchev–Trinajstić information content (AvgIpc) is 2.93. The van der Waals surface area contributed by atoms with Crippen LogP contribution in [0.2, 0.25) is 5.02 Å². The van der Waals surface area contributed by atoms with Crippen LogP contribution in [0.4, 0.5) is 5.69 Å². The first kappa shape index (κ1) is 31.0. The van der Waals surface area contributed by atoms with E-state index >= 15 is 0 Å². The van der Waals surface area contributed by atoms with Crippen molar-refractivity contribution < 1.29 is 22.7 Å². The Labute approximate surface area is 241 Å². The first-order valence-corrected chi connectivity index (χ1v) is 15.4. The summed E-state index contributed by atoms with van der Waals surface area (Å²) in [6, 6.07) is 22.8. The lowest BCUT2D eigenvalue weighted by molar-refractivity contribution is -0.141. The van der Waals surface area contributed by atoms with Crippen molar-refractivity contribution >= 4 is 39.1 Å². The predicted octanol–water partition coefficient (Wildman–Crippen LogP) is 4.67. The first-order chi connectivity index (χ1) is 19.1. The molecule has 0 aromatic heterocycles. The van der Waals surface area contributed by atoms with Gasteiger partial charge in [-0.25, -0.2) is 8.42 Å². The van der Waals surface area contributed by atoms with E-state index in [0.717, 1.165) is 17.4 Å². The molecular weight excluding hydrogens is 550 g/mol. The minimum absolute atomic E-state index is 0.0334. The van der Waals surface area contributed by atoms with Crippen LogP contribution in [-0.4, -0.2) is 57.6 Å². The molecule has 3 aromatic carbocycles. The highest BCUT2D eigenvalue weighted by Gasteiger charge is 2.30. The van der Waals surface area contributed by atoms with E-state index in [0.29, 0.717) is 29.5 Å². The molecule has 8 nitrogen and oxygen atoms in total. The van der Waals surface area contributed by atoms with Gasteiger partial charge >= 0.3 is 0 Å². The van der Waals surface area contributed by atoms with Gasteiger partial charge in [-0.05, 0) is 48.7 Å². The van der Waals surface area contributed by atoms with Crippen LogP contribution in [0.3, 0.4) is 0 Å². The predicted molar refractivity (Wildman–Crippen MR) is 159 cm³/mol. The Kier molecular flexibility index (Phi) is 11.4. The van der Waals surface area contributed by atoms with Gasteiger partial charge in [-0.15, -0.1) is 0 Å². The van der Waals surface area contributed by atoms with Crippen molar-refractivity contribution in [1.29, 1.82) is 0 Å². The number of benzene rings is 3. The lowest BCUT2D eigenvalue weighted by Gasteiger charge is -2.31. The van der Waals surface area contributed by atoms with Gasteiger partial charge in [-0.1, -0.05) is 66.2 Å². The second-order valence-corrected chi connectivity index (χ2v) is 11.7. The van der Waals surface area contributed by atoms with E-state index in [1.807, 2.05) is 43.3 Å². The molecule has 3 rings (SSSR count). The van der Waals surface area contributed by atoms with E-state index < -0.39 is 16.1 Å². The number of nitrogens with one attached hydrogen (secondary N) is 1. The number of anilines is 1. The molecule has 3 aromatic rings. The van der Waals surface area contributed by atoms with E-state index in [9.17, 15) is 18.0 Å². The largest absolute Gasteiger partial charge is 0.492 e. The number of carbonyl (C=O) groups is 2. The molecule has 0 unspecified atom stereocenters. The van der Waals surface area contributed by atoms with Crippen LogP contribution in [0, 0.1) is 0 Å². The van der Waals surface area contributed by atoms with Gasteiger partial charge in [0, 0.05) is 38.0 Å². The van der Waals surface area contributed by atoms with Crippen LogP contribution in [0.15, 0.2) is 78.9 Å². The quantitative estimate of drug-likeness (QED) is 0.297. The molecule has 0 heterocycles. The summed E-state index contributed by atoms with van der Waals surface area (Å²) in [5, 5.41) is 3.22. The smallest absolute Gasteiger partial charge is 0.242 e. The summed E-state index contributed by atoms with van der Waals surface area (Å²) in [6.45, 7) is 2.46. The van der Waals surface area contributed by atoms with Crippen molar-refractivity contribution in [3.8, 4) is 5.75 Å². The zero-order chi connectivity index (χ0) is 29.1. The van der Waals surface area contributed by atoms with Crippen molar-refractivity contribution in [2.45, 2.75) is 38.8 Å². The Balaban J connectivity index is 1.86. The van der Waals surface area contributed by atoms with Crippen molar-refractivity contribution in [3.05, 3.63) is 95.0 Å². The molecule has 0 radical (unpaired) electrons. The highest BCUT2D eigenvalue weighted by atomic mass is 35.5. The fraction of sp³-hybridized carbons (Fsp3) is 0.333. The molecule has 10 heteroatoms. The van der Waals surface area contributed by atoms with E-state index in [1.165, 1.54) is 4.31 Å². The molecule has 1 N–H and O–H groups in total. The standard InChI is InChI=1S/C30H36ClN3O5S/c1-4-39-28-17-9-8-16-26(28)34(40(3,37)38)19-11-18-29(35)33(22-24-14-10-15-25(31)20-24)27(30(36)32-2)21-23-12-6-5-7-13-23/h5-10,12-17,20,27H,4,11,18-19,21-22H2,1-3H3,(H,32,36)/t27-/m0/s1. The zero-order valence-electron chi connectivity index (χ0n) is 23.0. The summed E-state index contributed by atoms with van der Waals surface area (Å²) >= 11 is 6.21. The maximum absolute atomic E-state index is 13.7. The van der Waals surface area contributed by atoms with Crippen LogP contribution in [-0.2, 0) is 32.6 Å². The molecule has 0 saturated heterocycles. The van der Waals surface area contributed by atoms with Crippen molar-refractivity contribution in [2.75, 3.05) is 30.8 Å². The summed E-state index contributed by atoms with van der Waals surface area (Å²) in [4.78, 5) is 28.4. The van der Waals surface area contributed by atoms with Gasteiger partial charge in [0.1, 0.15) is 11.8 Å². The molecule has 0 bridgehead atoms. The molecule has 2 amide bonds. The highest BCUT2D eigenvalue weighted by Crippen LogP contribution is 2.30. The highest BCUT2D eigenvalue weighted by molar-refractivity contribution is 7.92. The van der Waals surface area contributed by atoms with Crippen LogP contribution in [0.5, 0.6) is 5.75 Å². The lowest BCUT2D eigenvalue weighted by atomic mass is 10.0. The second kappa shape index (κ2) is 14.7. The molecule has 0 fully saturated rings. The Bertz CT molecular complexity index is 1380. The topological polar surface area (TPSA) is 96.0 Å². The number of rotatable bonds is 14. The third kappa shape index (κ3) is 8.72. The number of hydrogen-bond donors (Lipinski definition) is 1. The minimum Gasteiger partial charge on any atom is -0.492 e. The number of hydrogen-bond acceptors (Lipinski definition) is 5. The number of para-hydroxylation sites is 2. The monoisotopic (exact) mass is 585 g/mol. The molecule has 0 spiro atoms. The molecule has 0 aliphatic heterocycles. The van der Waals surface area contributed by atoms with Gasteiger partial charge in [0.15, 0.2) is 0 Å². The normalized spacial score (nSPS) is 11.9. The van der Waals surface area contributed by atoms with Gasteiger partial charge < -0.3 is 15.0 Å². The summed E-state index contributed by atoms with van der Waals surface area (Å²) in [5.74, 6) is -0.106. The lowest BCUT2D eigenvalue weighted by Crippen LogP contribution is -2.49. The Hall–Kier alpha value is -3.56. The number of ether oxygens (including phenoxy) is 1. The molecule has 40 heavy (non-hydrogen) atoms. The second-order valence-electron chi connectivity index (χ2n) is 9.31. The number of carbonyl (C=O) groups excluding carboxylic acids is 2. The first-order valence-electron chi connectivity index (χ1n) is 13.1. The maximum Gasteiger partial charge on any atom is 0.242 e. The molecule has 1 atom stereocenters. The number of halogens is 1. The third-order valence-corrected chi connectivity index (χ3v) is 7.76. The molecule has 0 saturated carbocycles. The molecule has 0 aliphatic carbocycles. The van der Waals surface area contributed by atoms with Crippen molar-refractivity contribution in [2.24, 2.45) is 0 Å².